The molecule has 1 unspecified atom stereocenters. The molecule has 0 aliphatic rings. The highest BCUT2D eigenvalue weighted by Crippen LogP contribution is 2.16. The van der Waals surface area contributed by atoms with Crippen LogP contribution in [0.2, 0.25) is 0 Å². The van der Waals surface area contributed by atoms with Gasteiger partial charge in [0.2, 0.25) is 0 Å². The maximum atomic E-state index is 9.87. The Bertz CT molecular complexity index is 258. The number of aliphatic hydroxyl groups is 1. The molecule has 0 aromatic heterocycles. The lowest BCUT2D eigenvalue weighted by Gasteiger charge is -2.26. The molecule has 0 spiro atoms. The minimum Gasteiger partial charge on any atom is -0.374 e. The summed E-state index contributed by atoms with van der Waals surface area (Å²) < 4.78 is 0. The molecule has 14 heavy (non-hydrogen) atoms. The van der Waals surface area contributed by atoms with Crippen LogP contribution < -0.4 is 4.90 Å². The van der Waals surface area contributed by atoms with E-state index in [-0.39, 0.29) is 0 Å². The Kier molecular flexibility index (Phi) is 3.96. The predicted octanol–water partition coefficient (Wildman–Crippen LogP) is 2.49. The second kappa shape index (κ2) is 5.01. The monoisotopic (exact) mass is 193 g/mol. The van der Waals surface area contributed by atoms with E-state index < -0.39 is 6.23 Å². The van der Waals surface area contributed by atoms with Gasteiger partial charge in [0.25, 0.3) is 0 Å². The fourth-order valence-electron chi connectivity index (χ4n) is 1.41. The number of hydrogen-bond donors (Lipinski definition) is 1. The number of anilines is 1. The molecule has 0 aliphatic carbocycles. The van der Waals surface area contributed by atoms with E-state index in [4.69, 9.17) is 0 Å². The van der Waals surface area contributed by atoms with E-state index in [0.717, 1.165) is 12.1 Å². The van der Waals surface area contributed by atoms with Gasteiger partial charge in [0.15, 0.2) is 0 Å². The standard InChI is InChI=1S/C12H19NO/c1-10(2)9-12(14)13(3)11-7-5-4-6-8-11/h4-8,10,12,14H,9H2,1-3H3. The van der Waals surface area contributed by atoms with E-state index >= 15 is 0 Å². The van der Waals surface area contributed by atoms with Crippen LogP contribution in [-0.4, -0.2) is 18.4 Å². The summed E-state index contributed by atoms with van der Waals surface area (Å²) in [6.45, 7) is 4.23. The van der Waals surface area contributed by atoms with E-state index in [1.54, 1.807) is 0 Å². The van der Waals surface area contributed by atoms with Gasteiger partial charge in [-0.1, -0.05) is 32.0 Å². The van der Waals surface area contributed by atoms with Gasteiger partial charge >= 0.3 is 0 Å². The summed E-state index contributed by atoms with van der Waals surface area (Å²) in [6, 6.07) is 9.95. The van der Waals surface area contributed by atoms with Crippen LogP contribution >= 0.6 is 0 Å². The van der Waals surface area contributed by atoms with Crippen LogP contribution in [-0.2, 0) is 0 Å². The van der Waals surface area contributed by atoms with Gasteiger partial charge in [-0.3, -0.25) is 0 Å². The highest BCUT2D eigenvalue weighted by molar-refractivity contribution is 5.45. The quantitative estimate of drug-likeness (QED) is 0.743. The average molecular weight is 193 g/mol. The van der Waals surface area contributed by atoms with Crippen molar-refractivity contribution < 1.29 is 5.11 Å². The van der Waals surface area contributed by atoms with Crippen LogP contribution in [0.3, 0.4) is 0 Å². The van der Waals surface area contributed by atoms with Crippen LogP contribution in [0.15, 0.2) is 30.3 Å². The summed E-state index contributed by atoms with van der Waals surface area (Å²) in [5.41, 5.74) is 1.06. The third-order valence-electron chi connectivity index (χ3n) is 2.29. The van der Waals surface area contributed by atoms with Crippen molar-refractivity contribution in [1.82, 2.24) is 0 Å². The fourth-order valence-corrected chi connectivity index (χ4v) is 1.41. The molecule has 1 aromatic carbocycles. The molecule has 1 rings (SSSR count). The molecule has 0 saturated carbocycles. The zero-order valence-corrected chi connectivity index (χ0v) is 9.14. The van der Waals surface area contributed by atoms with E-state index in [1.807, 2.05) is 42.3 Å². The molecule has 0 bridgehead atoms. The Morgan fingerprint density at radius 1 is 1.21 bits per heavy atom. The lowest BCUT2D eigenvalue weighted by atomic mass is 10.1. The van der Waals surface area contributed by atoms with E-state index in [2.05, 4.69) is 13.8 Å². The molecular formula is C12H19NO. The summed E-state index contributed by atoms with van der Waals surface area (Å²) in [5, 5.41) is 9.87. The third kappa shape index (κ3) is 3.04. The van der Waals surface area contributed by atoms with Crippen molar-refractivity contribution in [1.29, 1.82) is 0 Å². The SMILES string of the molecule is CC(C)CC(O)N(C)c1ccccc1. The van der Waals surface area contributed by atoms with Crippen molar-refractivity contribution in [3.63, 3.8) is 0 Å². The van der Waals surface area contributed by atoms with Crippen LogP contribution in [0.5, 0.6) is 0 Å². The van der Waals surface area contributed by atoms with E-state index in [1.165, 1.54) is 0 Å². The Balaban J connectivity index is 2.61. The molecule has 1 aromatic rings. The topological polar surface area (TPSA) is 23.5 Å². The van der Waals surface area contributed by atoms with E-state index in [0.29, 0.717) is 5.92 Å². The first-order chi connectivity index (χ1) is 6.61. The summed E-state index contributed by atoms with van der Waals surface area (Å²) in [7, 11) is 1.92. The van der Waals surface area contributed by atoms with Crippen LogP contribution in [0.1, 0.15) is 20.3 Å². The van der Waals surface area contributed by atoms with Crippen LogP contribution in [0, 0.1) is 5.92 Å². The second-order valence-electron chi connectivity index (χ2n) is 4.06. The molecule has 0 heterocycles. The summed E-state index contributed by atoms with van der Waals surface area (Å²) >= 11 is 0. The van der Waals surface area contributed by atoms with Gasteiger partial charge in [-0.25, -0.2) is 0 Å². The Morgan fingerprint density at radius 3 is 2.29 bits per heavy atom. The number of para-hydroxylation sites is 1. The largest absolute Gasteiger partial charge is 0.374 e. The number of nitrogens with zero attached hydrogens (tertiary/aromatic N) is 1. The van der Waals surface area contributed by atoms with Crippen LogP contribution in [0.4, 0.5) is 5.69 Å². The molecule has 78 valence electrons. The fraction of sp³-hybridized carbons (Fsp3) is 0.500. The number of rotatable bonds is 4. The molecule has 0 saturated heterocycles. The Hall–Kier alpha value is -1.02. The van der Waals surface area contributed by atoms with Crippen molar-refractivity contribution in [3.8, 4) is 0 Å². The molecule has 2 heteroatoms. The van der Waals surface area contributed by atoms with Crippen LogP contribution in [0.25, 0.3) is 0 Å². The average Bonchev–Trinajstić information content (AvgIpc) is 2.17. The number of aliphatic hydroxyl groups excluding tert-OH is 1. The highest BCUT2D eigenvalue weighted by Gasteiger charge is 2.12. The lowest BCUT2D eigenvalue weighted by Crippen LogP contribution is -2.32. The first kappa shape index (κ1) is 11.1. The molecular weight excluding hydrogens is 174 g/mol. The Morgan fingerprint density at radius 2 is 1.79 bits per heavy atom. The molecule has 2 nitrogen and oxygen atoms in total. The Labute approximate surface area is 86.2 Å². The smallest absolute Gasteiger partial charge is 0.126 e. The molecule has 0 aliphatic heterocycles. The van der Waals surface area contributed by atoms with Gasteiger partial charge in [0.05, 0.1) is 0 Å². The number of hydrogen-bond acceptors (Lipinski definition) is 2. The maximum absolute atomic E-state index is 9.87. The molecule has 1 atom stereocenters. The van der Waals surface area contributed by atoms with Gasteiger partial charge in [0.1, 0.15) is 6.23 Å². The number of benzene rings is 1. The normalized spacial score (nSPS) is 12.9. The van der Waals surface area contributed by atoms with Gasteiger partial charge in [-0.05, 0) is 24.5 Å². The predicted molar refractivity (Wildman–Crippen MR) is 60.3 cm³/mol. The lowest BCUT2D eigenvalue weighted by molar-refractivity contribution is 0.149. The molecule has 0 amide bonds. The van der Waals surface area contributed by atoms with Crippen molar-refractivity contribution in [2.24, 2.45) is 5.92 Å². The maximum Gasteiger partial charge on any atom is 0.126 e. The zero-order chi connectivity index (χ0) is 10.6. The summed E-state index contributed by atoms with van der Waals surface area (Å²) in [5.74, 6) is 0.510. The highest BCUT2D eigenvalue weighted by atomic mass is 16.3. The molecule has 0 fully saturated rings. The zero-order valence-electron chi connectivity index (χ0n) is 9.14. The van der Waals surface area contributed by atoms with E-state index in [9.17, 15) is 5.11 Å². The molecule has 1 N–H and O–H groups in total. The van der Waals surface area contributed by atoms with Crippen molar-refractivity contribution in [2.45, 2.75) is 26.5 Å². The minimum absolute atomic E-state index is 0.391. The molecule has 0 radical (unpaired) electrons. The minimum atomic E-state index is -0.391. The van der Waals surface area contributed by atoms with Gasteiger partial charge in [0, 0.05) is 12.7 Å². The van der Waals surface area contributed by atoms with Crippen molar-refractivity contribution in [3.05, 3.63) is 30.3 Å². The van der Waals surface area contributed by atoms with Gasteiger partial charge in [-0.2, -0.15) is 0 Å². The van der Waals surface area contributed by atoms with Gasteiger partial charge in [-0.15, -0.1) is 0 Å². The van der Waals surface area contributed by atoms with Crippen molar-refractivity contribution in [2.75, 3.05) is 11.9 Å². The van der Waals surface area contributed by atoms with Gasteiger partial charge < -0.3 is 10.0 Å². The summed E-state index contributed by atoms with van der Waals surface area (Å²) in [4.78, 5) is 1.90. The second-order valence-corrected chi connectivity index (χ2v) is 4.06. The summed E-state index contributed by atoms with van der Waals surface area (Å²) in [6.07, 6.45) is 0.406. The first-order valence-electron chi connectivity index (χ1n) is 5.07. The van der Waals surface area contributed by atoms with Crippen molar-refractivity contribution >= 4 is 5.69 Å². The first-order valence-corrected chi connectivity index (χ1v) is 5.07. The third-order valence-corrected chi connectivity index (χ3v) is 2.29.